The first-order valence-corrected chi connectivity index (χ1v) is 8.91. The third-order valence-electron chi connectivity index (χ3n) is 4.48. The molecule has 1 heterocycles. The molecule has 0 spiro atoms. The molecule has 8 nitrogen and oxygen atoms in total. The summed E-state index contributed by atoms with van der Waals surface area (Å²) in [5, 5.41) is 11.7. The van der Waals surface area contributed by atoms with Crippen LogP contribution in [-0.2, 0) is 11.3 Å². The van der Waals surface area contributed by atoms with Gasteiger partial charge in [0.2, 0.25) is 5.91 Å². The molecule has 8 heteroatoms. The van der Waals surface area contributed by atoms with Crippen LogP contribution in [0.25, 0.3) is 0 Å². The average Bonchev–Trinajstić information content (AvgIpc) is 2.63. The maximum absolute atomic E-state index is 12.2. The number of benzene rings is 1. The maximum Gasteiger partial charge on any atom is 0.312 e. The highest BCUT2D eigenvalue weighted by atomic mass is 16.5. The van der Waals surface area contributed by atoms with Crippen molar-refractivity contribution in [1.82, 2.24) is 15.1 Å². The topological polar surface area (TPSA) is 108 Å². The van der Waals surface area contributed by atoms with E-state index >= 15 is 0 Å². The summed E-state index contributed by atoms with van der Waals surface area (Å²) in [4.78, 5) is 27.0. The van der Waals surface area contributed by atoms with Gasteiger partial charge in [0.1, 0.15) is 5.75 Å². The van der Waals surface area contributed by atoms with Gasteiger partial charge in [-0.15, -0.1) is 0 Å². The van der Waals surface area contributed by atoms with Crippen molar-refractivity contribution in [3.05, 3.63) is 29.8 Å². The molecule has 1 atom stereocenters. The van der Waals surface area contributed by atoms with Gasteiger partial charge in [0, 0.05) is 44.4 Å². The Bertz CT molecular complexity index is 611. The van der Waals surface area contributed by atoms with E-state index in [2.05, 4.69) is 10.2 Å². The van der Waals surface area contributed by atoms with Crippen molar-refractivity contribution >= 4 is 11.9 Å². The van der Waals surface area contributed by atoms with Gasteiger partial charge in [-0.05, 0) is 19.4 Å². The van der Waals surface area contributed by atoms with Crippen molar-refractivity contribution in [2.75, 3.05) is 39.4 Å². The van der Waals surface area contributed by atoms with E-state index < -0.39 is 6.03 Å². The number of urea groups is 1. The molecule has 26 heavy (non-hydrogen) atoms. The number of carbonyl (C=O) groups excluding carboxylic acids is 2. The number of aliphatic hydroxyl groups excluding tert-OH is 1. The minimum absolute atomic E-state index is 0.0426. The number of amides is 3. The Morgan fingerprint density at radius 1 is 1.35 bits per heavy atom. The number of hydrogen-bond acceptors (Lipinski definition) is 5. The second-order valence-corrected chi connectivity index (χ2v) is 6.23. The predicted octanol–water partition coefficient (Wildman–Crippen LogP) is 0.149. The number of hydrogen-bond donors (Lipinski definition) is 3. The molecule has 2 rings (SSSR count). The molecule has 1 aliphatic rings. The zero-order chi connectivity index (χ0) is 18.9. The van der Waals surface area contributed by atoms with Crippen LogP contribution in [0.5, 0.6) is 5.75 Å². The fraction of sp³-hybridized carbons (Fsp3) is 0.556. The summed E-state index contributed by atoms with van der Waals surface area (Å²) < 4.78 is 5.69. The summed E-state index contributed by atoms with van der Waals surface area (Å²) in [5.74, 6) is 0.697. The minimum Gasteiger partial charge on any atom is -0.494 e. The van der Waals surface area contributed by atoms with Gasteiger partial charge in [-0.3, -0.25) is 9.69 Å². The number of nitrogens with two attached hydrogens (primary N) is 1. The van der Waals surface area contributed by atoms with E-state index in [1.54, 1.807) is 4.90 Å². The van der Waals surface area contributed by atoms with Crippen molar-refractivity contribution in [1.29, 1.82) is 0 Å². The molecular weight excluding hydrogens is 336 g/mol. The Morgan fingerprint density at radius 2 is 2.12 bits per heavy atom. The smallest absolute Gasteiger partial charge is 0.312 e. The fourth-order valence-electron chi connectivity index (χ4n) is 3.17. The zero-order valence-electron chi connectivity index (χ0n) is 15.2. The van der Waals surface area contributed by atoms with Crippen LogP contribution in [0.3, 0.4) is 0 Å². The quantitative estimate of drug-likeness (QED) is 0.608. The van der Waals surface area contributed by atoms with Crippen LogP contribution in [0, 0.1) is 0 Å². The van der Waals surface area contributed by atoms with E-state index in [0.29, 0.717) is 39.2 Å². The van der Waals surface area contributed by atoms with Crippen molar-refractivity contribution in [3.8, 4) is 5.75 Å². The Morgan fingerprint density at radius 3 is 2.81 bits per heavy atom. The fourth-order valence-corrected chi connectivity index (χ4v) is 3.17. The molecule has 0 unspecified atom stereocenters. The van der Waals surface area contributed by atoms with Crippen LogP contribution in [-0.4, -0.2) is 72.3 Å². The van der Waals surface area contributed by atoms with Crippen LogP contribution in [0.15, 0.2) is 24.3 Å². The van der Waals surface area contributed by atoms with Crippen LogP contribution in [0.2, 0.25) is 0 Å². The van der Waals surface area contributed by atoms with Crippen LogP contribution in [0.1, 0.15) is 18.9 Å². The molecular formula is C18H28N4O4. The van der Waals surface area contributed by atoms with Crippen LogP contribution >= 0.6 is 0 Å². The zero-order valence-corrected chi connectivity index (χ0v) is 15.2. The van der Waals surface area contributed by atoms with Crippen LogP contribution in [0.4, 0.5) is 4.79 Å². The standard InChI is InChI=1S/C18H28N4O4/c1-2-26-16-6-4-3-5-14(16)12-21-8-9-22(13-15(21)7-10-23)17(24)11-20-18(19)25/h3-6,15,23H,2,7-13H2,1H3,(H3,19,20,25)/t15-/m1/s1. The van der Waals surface area contributed by atoms with Gasteiger partial charge < -0.3 is 25.8 Å². The molecule has 4 N–H and O–H groups in total. The molecule has 3 amide bonds. The summed E-state index contributed by atoms with van der Waals surface area (Å²) in [5.41, 5.74) is 6.11. The van der Waals surface area contributed by atoms with Gasteiger partial charge in [-0.25, -0.2) is 4.79 Å². The van der Waals surface area contributed by atoms with E-state index in [1.165, 1.54) is 0 Å². The molecule has 1 saturated heterocycles. The highest BCUT2D eigenvalue weighted by Crippen LogP contribution is 2.23. The van der Waals surface area contributed by atoms with E-state index in [1.807, 2.05) is 31.2 Å². The van der Waals surface area contributed by atoms with Crippen molar-refractivity contribution in [2.45, 2.75) is 25.9 Å². The predicted molar refractivity (Wildman–Crippen MR) is 97.7 cm³/mol. The maximum atomic E-state index is 12.2. The number of piperazine rings is 1. The summed E-state index contributed by atoms with van der Waals surface area (Å²) >= 11 is 0. The lowest BCUT2D eigenvalue weighted by Gasteiger charge is -2.41. The van der Waals surface area contributed by atoms with Gasteiger partial charge in [0.25, 0.3) is 0 Å². The number of para-hydroxylation sites is 1. The SMILES string of the molecule is CCOc1ccccc1CN1CCN(C(=O)CNC(N)=O)C[C@H]1CCO. The molecule has 0 aromatic heterocycles. The monoisotopic (exact) mass is 364 g/mol. The molecule has 1 fully saturated rings. The van der Waals surface area contributed by atoms with Crippen molar-refractivity contribution in [2.24, 2.45) is 5.73 Å². The van der Waals surface area contributed by atoms with Crippen LogP contribution < -0.4 is 15.8 Å². The first-order chi connectivity index (χ1) is 12.5. The van der Waals surface area contributed by atoms with Gasteiger partial charge in [0.15, 0.2) is 0 Å². The number of rotatable bonds is 8. The second kappa shape index (κ2) is 9.98. The van der Waals surface area contributed by atoms with Gasteiger partial charge in [-0.1, -0.05) is 18.2 Å². The molecule has 0 aliphatic carbocycles. The lowest BCUT2D eigenvalue weighted by molar-refractivity contribution is -0.133. The highest BCUT2D eigenvalue weighted by Gasteiger charge is 2.29. The van der Waals surface area contributed by atoms with E-state index in [4.69, 9.17) is 10.5 Å². The molecule has 1 aliphatic heterocycles. The highest BCUT2D eigenvalue weighted by molar-refractivity contribution is 5.83. The van der Waals surface area contributed by atoms with Gasteiger partial charge in [0.05, 0.1) is 13.2 Å². The normalized spacial score (nSPS) is 17.8. The average molecular weight is 364 g/mol. The second-order valence-electron chi connectivity index (χ2n) is 6.23. The lowest BCUT2D eigenvalue weighted by atomic mass is 10.1. The third kappa shape index (κ3) is 5.60. The number of carbonyl (C=O) groups is 2. The number of primary amides is 1. The minimum atomic E-state index is -0.712. The Labute approximate surface area is 153 Å². The Balaban J connectivity index is 2.02. The largest absolute Gasteiger partial charge is 0.494 e. The summed E-state index contributed by atoms with van der Waals surface area (Å²) in [6.45, 7) is 4.97. The number of aliphatic hydroxyl groups is 1. The van der Waals surface area contributed by atoms with E-state index in [0.717, 1.165) is 11.3 Å². The molecule has 0 radical (unpaired) electrons. The van der Waals surface area contributed by atoms with Crippen molar-refractivity contribution < 1.29 is 19.4 Å². The molecule has 0 bridgehead atoms. The Kier molecular flexibility index (Phi) is 7.68. The summed E-state index contributed by atoms with van der Waals surface area (Å²) in [6.07, 6.45) is 0.573. The summed E-state index contributed by atoms with van der Waals surface area (Å²) in [6, 6.07) is 7.25. The summed E-state index contributed by atoms with van der Waals surface area (Å²) in [7, 11) is 0. The van der Waals surface area contributed by atoms with E-state index in [9.17, 15) is 14.7 Å². The number of nitrogens with zero attached hydrogens (tertiary/aromatic N) is 2. The first kappa shape index (κ1) is 20.0. The molecule has 144 valence electrons. The molecule has 1 aromatic carbocycles. The molecule has 0 saturated carbocycles. The molecule has 1 aromatic rings. The number of nitrogens with one attached hydrogen (secondary N) is 1. The Hall–Kier alpha value is -2.32. The van der Waals surface area contributed by atoms with Gasteiger partial charge >= 0.3 is 6.03 Å². The lowest BCUT2D eigenvalue weighted by Crippen LogP contribution is -2.56. The third-order valence-corrected chi connectivity index (χ3v) is 4.48. The van der Waals surface area contributed by atoms with Gasteiger partial charge in [-0.2, -0.15) is 0 Å². The number of ether oxygens (including phenoxy) is 1. The first-order valence-electron chi connectivity index (χ1n) is 8.91. The van der Waals surface area contributed by atoms with E-state index in [-0.39, 0.29) is 25.1 Å². The van der Waals surface area contributed by atoms with Crippen molar-refractivity contribution in [3.63, 3.8) is 0 Å².